The molecule has 0 fully saturated rings. The maximum absolute atomic E-state index is 11.6. The Labute approximate surface area is 973 Å². The van der Waals surface area contributed by atoms with Crippen molar-refractivity contribution in [1.29, 1.82) is 10.5 Å². The first-order valence-corrected chi connectivity index (χ1v) is 42.3. The fourth-order valence-electron chi connectivity index (χ4n) is 8.26. The van der Waals surface area contributed by atoms with E-state index >= 15 is 0 Å². The van der Waals surface area contributed by atoms with Crippen molar-refractivity contribution in [3.8, 4) is 6.07 Å². The average molecular weight is 2550 g/mol. The number of fused-ring (bicyclic) bond motifs is 2. The van der Waals surface area contributed by atoms with Crippen LogP contribution in [0.2, 0.25) is 65.3 Å². The zero-order valence-electron chi connectivity index (χ0n) is 69.2. The van der Waals surface area contributed by atoms with Crippen molar-refractivity contribution >= 4 is 320 Å². The summed E-state index contributed by atoms with van der Waals surface area (Å²) < 4.78 is 48.6. The fourth-order valence-corrected chi connectivity index (χ4v) is 12.6. The number of carbonyl (C=O) groups excluding carboxylic acids is 6. The molecule has 0 bridgehead atoms. The molecule has 9 rings (SSSR count). The van der Waals surface area contributed by atoms with Crippen molar-refractivity contribution in [1.82, 2.24) is 10.6 Å². The van der Waals surface area contributed by atoms with Crippen molar-refractivity contribution in [3.63, 3.8) is 0 Å². The van der Waals surface area contributed by atoms with Gasteiger partial charge in [-0.15, -0.1) is 0 Å². The zero-order chi connectivity index (χ0) is 95.2. The Morgan fingerprint density at radius 2 is 0.926 bits per heavy atom. The van der Waals surface area contributed by atoms with Crippen LogP contribution < -0.4 is 183 Å². The number of ether oxygens (including phenoxy) is 3. The van der Waals surface area contributed by atoms with E-state index in [9.17, 15) is 42.3 Å². The number of amides is 2. The normalized spacial score (nSPS) is 10.2. The van der Waals surface area contributed by atoms with Crippen LogP contribution in [0, 0.1) is 43.9 Å². The van der Waals surface area contributed by atoms with Crippen LogP contribution in [-0.2, 0) is 48.5 Å². The third-order valence-corrected chi connectivity index (χ3v) is 18.9. The summed E-state index contributed by atoms with van der Waals surface area (Å²) in [7, 11) is 2.34. The van der Waals surface area contributed by atoms with E-state index < -0.39 is 47.4 Å². The molecule has 2 heterocycles. The van der Waals surface area contributed by atoms with Crippen LogP contribution in [-0.4, -0.2) is 133 Å². The summed E-state index contributed by atoms with van der Waals surface area (Å²) in [5.41, 5.74) is 6.75. The van der Waals surface area contributed by atoms with Crippen LogP contribution in [0.15, 0.2) is 93.7 Å². The van der Waals surface area contributed by atoms with E-state index in [-0.39, 0.29) is 233 Å². The van der Waals surface area contributed by atoms with Gasteiger partial charge in [0.05, 0.1) is 118 Å². The van der Waals surface area contributed by atoms with Gasteiger partial charge in [0, 0.05) is 70.2 Å². The molecule has 0 aliphatic carbocycles. The van der Waals surface area contributed by atoms with Gasteiger partial charge in [0.25, 0.3) is 21.5 Å². The molecule has 2 amide bonds. The topological polar surface area (TPSA) is 341 Å². The number of nitrogens with one attached hydrogen (secondary N) is 2. The third-order valence-electron chi connectivity index (χ3n) is 12.9. The molecular weight excluding hydrogens is 2470 g/mol. The van der Waals surface area contributed by atoms with Gasteiger partial charge in [-0.25, -0.2) is 24.0 Å². The minimum Gasteiger partial charge on any atom is -1.00 e. The molecule has 5 N–H and O–H groups in total. The number of hydrogen-bond acceptors (Lipinski definition) is 18. The fraction of sp³-hybridized carbons (Fsp3) is 0.297. The van der Waals surface area contributed by atoms with Gasteiger partial charge in [-0.1, -0.05) is 249 Å². The molecule has 0 atom stereocenters. The molecule has 1 radical (unpaired) electrons. The number of aliphatic hydroxyl groups is 1. The summed E-state index contributed by atoms with van der Waals surface area (Å²) in [6, 6.07) is 24.5. The molecule has 7 aromatic carbocycles. The Balaban J connectivity index is -0.000000147. The third kappa shape index (κ3) is 56.9. The van der Waals surface area contributed by atoms with Crippen molar-refractivity contribution in [3.05, 3.63) is 239 Å². The van der Waals surface area contributed by atoms with Crippen LogP contribution in [0.5, 0.6) is 0 Å². The van der Waals surface area contributed by atoms with E-state index in [1.807, 2.05) is 6.07 Å². The quantitative estimate of drug-likeness (QED) is 0.00599. The number of benzene rings is 7. The zero-order valence-corrected chi connectivity index (χ0v) is 99.8. The molecule has 0 saturated heterocycles. The van der Waals surface area contributed by atoms with Gasteiger partial charge in [-0.05, 0) is 194 Å². The van der Waals surface area contributed by atoms with Gasteiger partial charge >= 0.3 is 222 Å². The molecule has 0 aromatic heterocycles. The maximum atomic E-state index is 11.6. The number of aromatic carboxylic acids is 2. The number of carbonyl (C=O) groups is 8. The number of halogens is 22. The van der Waals surface area contributed by atoms with E-state index in [2.05, 4.69) is 102 Å². The van der Waals surface area contributed by atoms with E-state index in [1.165, 1.54) is 22.6 Å². The summed E-state index contributed by atoms with van der Waals surface area (Å²) >= 11 is 108. The Bertz CT molecular complexity index is 4530. The van der Waals surface area contributed by atoms with Gasteiger partial charge in [-0.3, -0.25) is 23.2 Å². The van der Waals surface area contributed by atoms with Crippen molar-refractivity contribution in [2.45, 2.75) is 83.2 Å². The second kappa shape index (κ2) is 83.8. The monoisotopic (exact) mass is 2540 g/mol. The first kappa shape index (κ1) is 136. The number of esters is 3. The van der Waals surface area contributed by atoms with Crippen molar-refractivity contribution < 1.29 is 258 Å². The Hall–Kier alpha value is 0.999. The number of carboxylic acids is 2. The molecule has 2 aliphatic rings. The second-order valence-electron chi connectivity index (χ2n) is 20.2. The molecule has 21 nitrogen and oxygen atoms in total. The van der Waals surface area contributed by atoms with E-state index in [1.54, 1.807) is 115 Å². The molecule has 7 aromatic rings. The van der Waals surface area contributed by atoms with Gasteiger partial charge in [0.1, 0.15) is 0 Å². The van der Waals surface area contributed by atoms with E-state index in [0.29, 0.717) is 141 Å². The molecular formula is C74H74BBr2Cl17Cs2F2IN5NaO16S. The number of hydrogen-bond donors (Lipinski definition) is 6. The predicted molar refractivity (Wildman–Crippen MR) is 496 cm³/mol. The van der Waals surface area contributed by atoms with Crippen LogP contribution in [0.25, 0.3) is 0 Å². The van der Waals surface area contributed by atoms with Crippen LogP contribution in [0.3, 0.4) is 0 Å². The smallest absolute Gasteiger partial charge is 1.00 e. The SMILES string of the molecule is CCI.CCO.CCOC(=O)c1c(Cl)ccc(Cl)c1C.CCOC(=O)c1c(Cl)ccc(Cl)c1CBr.CCOC(=O)c1c(Cl)ccc(Cl)c1CC#N.Cc1c(Cl)ccc(Cl)c1C(=O)O.Cc1c(Cl)cccc1C(=O)O.ClC(Cl)(Cl)Cl.O=C1NCCc2c(Cl)cc(Br)c(Cl)c21.O=C1NCCc2c(Cl)ccc(Cl)c21.O=CO[O-].[2H]CF.[2H]CF.[B]=NS.[C-]#N.[Cs+].[Cs+].[H-].[Na+]. The van der Waals surface area contributed by atoms with Crippen LogP contribution >= 0.6 is 264 Å². The van der Waals surface area contributed by atoms with Crippen molar-refractivity contribution in [2.75, 3.05) is 58.3 Å². The molecule has 122 heavy (non-hydrogen) atoms. The first-order chi connectivity index (χ1) is 56.8. The number of nitriles is 1. The van der Waals surface area contributed by atoms with Crippen LogP contribution in [0.4, 0.5) is 8.78 Å². The Morgan fingerprint density at radius 1 is 0.623 bits per heavy atom. The molecule has 48 heteroatoms. The Kier molecular flexibility index (Phi) is 93.4. The summed E-state index contributed by atoms with van der Waals surface area (Å²) in [4.78, 5) is 90.1. The minimum atomic E-state index is -1.61. The van der Waals surface area contributed by atoms with Gasteiger partial charge in [-0.2, -0.15) is 5.26 Å². The maximum Gasteiger partial charge on any atom is 1.00 e. The molecule has 2 aliphatic heterocycles. The van der Waals surface area contributed by atoms with Crippen LogP contribution in [0.1, 0.15) is 150 Å². The van der Waals surface area contributed by atoms with E-state index in [4.69, 9.17) is 257 Å². The van der Waals surface area contributed by atoms with Crippen molar-refractivity contribution in [2.24, 2.45) is 4.30 Å². The summed E-state index contributed by atoms with van der Waals surface area (Å²) in [5.74, 6) is -3.71. The number of rotatable bonds is 11. The number of nitrogens with zero attached hydrogens (tertiary/aromatic N) is 3. The largest absolute Gasteiger partial charge is 1.00 e. The second-order valence-corrected chi connectivity index (χ2v) is 32.1. The summed E-state index contributed by atoms with van der Waals surface area (Å²) in [6.07, 6.45) is 1.50. The van der Waals surface area contributed by atoms with Gasteiger partial charge in [0.15, 0.2) is 0 Å². The van der Waals surface area contributed by atoms with E-state index in [0.717, 1.165) is 24.0 Å². The number of thiol groups is 1. The van der Waals surface area contributed by atoms with Gasteiger partial charge in [0.2, 0.25) is 0 Å². The number of carboxylic acid groups (broad SMARTS) is 2. The Morgan fingerprint density at radius 3 is 1.26 bits per heavy atom. The minimum absolute atomic E-state index is 0. The summed E-state index contributed by atoms with van der Waals surface area (Å²) in [6.45, 7) is 21.0. The predicted octanol–water partition coefficient (Wildman–Crippen LogP) is 16.5. The standard InChI is InChI=1S/C11H9Cl2NO2.C10H9BrCl2O2.C10H10Cl2O2.C9H6BrCl2NO.C9H7Cl2NO.C8H6Cl2O2.C8H7ClO2.C2H5I.C2H6O.CCl4.2CH3F.CN.CH2O3.BHNS.2Cs.Na.H/c1-2-16-11(15)10-7(5-6-14)8(12)3-4-9(10)13;1-2-15-10(14)9-6(5-11)7(12)3-4-8(9)13;1-3-14-10(13)9-6(2)7(11)4-5-8(9)12;10-5-3-6(11)4-1-2-13-9(14)7(4)8(5)12;10-6-1-2-7(11)8-5(6)3-4-12-9(8)13;1-4-5(9)2-3-6(10)7(4)8(11)12;1-5-6(8(10)11)3-2-4-7(5)9;2*1-2-3;2-1(3,4)5;3*1-2;2-1-4-3;1-2-3;;;;/h3-4H,2,5H2,1H3;3-4H,2,5H2,1H3;4-5H,3H2,1-2H3;3H,1-2H2,(H,13,14);1-2H,3-4H2,(H,12,13);2-3H,1H3,(H,11,12);2-4H,1H3,(H,10,11);2H2,1H3;3H,2H2,1H3;;2*1H3;;1,3H;3H;;;;/q;;;;;;;;;;;;-1;;;3*+1;-1/p-1/i;;;;;;;;;;2*1D;;;;;;;. The molecule has 0 spiro atoms. The molecule has 0 saturated carbocycles. The van der Waals surface area contributed by atoms with Gasteiger partial charge < -0.3 is 63.6 Å². The molecule has 0 unspecified atom stereocenters. The molecule has 657 valence electrons. The number of aliphatic hydroxyl groups excluding tert-OH is 1. The first-order valence-electron chi connectivity index (χ1n) is 33.5. The number of alkyl halides is 8. The average Bonchev–Trinajstić information content (AvgIpc) is 0.784. The summed E-state index contributed by atoms with van der Waals surface area (Å²) in [5, 5.41) is 59.7.